The van der Waals surface area contributed by atoms with Gasteiger partial charge in [-0.25, -0.2) is 0 Å². The molecule has 1 aromatic heterocycles. The first-order valence-corrected chi connectivity index (χ1v) is 5.24. The smallest absolute Gasteiger partial charge is 0.306 e. The molecule has 1 fully saturated rings. The first kappa shape index (κ1) is 11.0. The number of carboxylic acid groups (broad SMARTS) is 1. The molecule has 1 aliphatic rings. The lowest BCUT2D eigenvalue weighted by Crippen LogP contribution is -2.50. The van der Waals surface area contributed by atoms with Gasteiger partial charge in [0.1, 0.15) is 0 Å². The number of rotatable bonds is 4. The zero-order valence-corrected chi connectivity index (χ0v) is 9.37. The van der Waals surface area contributed by atoms with Gasteiger partial charge in [0.05, 0.1) is 19.5 Å². The standard InChI is InChI=1S/C9H15N5O2/c1-6(9(15)16)7-3-14(4-7)5-8-10-12-13(2)11-8/h6-7H,3-5H2,1-2H3,(H,15,16). The molecule has 0 bridgehead atoms. The summed E-state index contributed by atoms with van der Waals surface area (Å²) in [6, 6.07) is 0. The fourth-order valence-corrected chi connectivity index (χ4v) is 1.84. The van der Waals surface area contributed by atoms with E-state index in [2.05, 4.69) is 20.3 Å². The molecule has 1 saturated heterocycles. The van der Waals surface area contributed by atoms with Crippen LogP contribution in [-0.2, 0) is 18.4 Å². The number of nitrogens with zero attached hydrogens (tertiary/aromatic N) is 5. The molecule has 1 N–H and O–H groups in total. The van der Waals surface area contributed by atoms with E-state index in [1.54, 1.807) is 14.0 Å². The minimum absolute atomic E-state index is 0.245. The summed E-state index contributed by atoms with van der Waals surface area (Å²) in [6.45, 7) is 4.00. The Bertz CT molecular complexity index is 385. The van der Waals surface area contributed by atoms with Gasteiger partial charge >= 0.3 is 5.97 Å². The first-order chi connectivity index (χ1) is 7.56. The number of carbonyl (C=O) groups is 1. The van der Waals surface area contributed by atoms with Crippen molar-refractivity contribution in [1.82, 2.24) is 25.1 Å². The summed E-state index contributed by atoms with van der Waals surface area (Å²) in [4.78, 5) is 14.3. The Kier molecular flexibility index (Phi) is 2.86. The second kappa shape index (κ2) is 4.17. The van der Waals surface area contributed by atoms with Crippen molar-refractivity contribution >= 4 is 5.97 Å². The van der Waals surface area contributed by atoms with Gasteiger partial charge in [-0.1, -0.05) is 6.92 Å². The van der Waals surface area contributed by atoms with Crippen LogP contribution in [0.1, 0.15) is 12.7 Å². The van der Waals surface area contributed by atoms with Gasteiger partial charge < -0.3 is 5.11 Å². The number of aryl methyl sites for hydroxylation is 1. The van der Waals surface area contributed by atoms with E-state index in [0.29, 0.717) is 12.4 Å². The summed E-state index contributed by atoms with van der Waals surface area (Å²) >= 11 is 0. The number of hydrogen-bond acceptors (Lipinski definition) is 5. The van der Waals surface area contributed by atoms with Crippen molar-refractivity contribution < 1.29 is 9.90 Å². The first-order valence-electron chi connectivity index (χ1n) is 5.24. The van der Waals surface area contributed by atoms with Crippen LogP contribution in [0.15, 0.2) is 0 Å². The molecule has 0 amide bonds. The normalized spacial score (nSPS) is 19.4. The van der Waals surface area contributed by atoms with Crippen molar-refractivity contribution in [3.63, 3.8) is 0 Å². The number of carboxylic acids is 1. The summed E-state index contributed by atoms with van der Waals surface area (Å²) < 4.78 is 0. The van der Waals surface area contributed by atoms with Crippen LogP contribution in [0.5, 0.6) is 0 Å². The van der Waals surface area contributed by atoms with Crippen LogP contribution in [-0.4, -0.2) is 49.3 Å². The molecule has 7 heteroatoms. The number of tetrazole rings is 1. The SMILES string of the molecule is CC(C(=O)O)C1CN(Cc2nnn(C)n2)C1. The molecular formula is C9H15N5O2. The monoisotopic (exact) mass is 225 g/mol. The van der Waals surface area contributed by atoms with E-state index in [0.717, 1.165) is 13.1 Å². The zero-order chi connectivity index (χ0) is 11.7. The molecule has 0 saturated carbocycles. The van der Waals surface area contributed by atoms with Crippen LogP contribution in [0, 0.1) is 11.8 Å². The van der Waals surface area contributed by atoms with Crippen LogP contribution >= 0.6 is 0 Å². The van der Waals surface area contributed by atoms with Gasteiger partial charge in [-0.15, -0.1) is 10.2 Å². The molecule has 0 radical (unpaired) electrons. The second-order valence-corrected chi connectivity index (χ2v) is 4.28. The summed E-state index contributed by atoms with van der Waals surface area (Å²) in [6.07, 6.45) is 0. The molecule has 0 aliphatic carbocycles. The van der Waals surface area contributed by atoms with Crippen molar-refractivity contribution in [2.75, 3.05) is 13.1 Å². The van der Waals surface area contributed by atoms with E-state index in [1.165, 1.54) is 4.80 Å². The van der Waals surface area contributed by atoms with Crippen molar-refractivity contribution in [2.24, 2.45) is 18.9 Å². The van der Waals surface area contributed by atoms with Crippen LogP contribution in [0.4, 0.5) is 0 Å². The molecular weight excluding hydrogens is 210 g/mol. The van der Waals surface area contributed by atoms with E-state index in [1.807, 2.05) is 0 Å². The molecule has 0 spiro atoms. The highest BCUT2D eigenvalue weighted by Gasteiger charge is 2.34. The molecule has 0 aromatic carbocycles. The molecule has 1 aliphatic heterocycles. The third kappa shape index (κ3) is 2.19. The van der Waals surface area contributed by atoms with E-state index in [-0.39, 0.29) is 11.8 Å². The van der Waals surface area contributed by atoms with Crippen molar-refractivity contribution in [1.29, 1.82) is 0 Å². The third-order valence-electron chi connectivity index (χ3n) is 3.00. The molecule has 1 unspecified atom stereocenters. The average molecular weight is 225 g/mol. The number of aromatic nitrogens is 4. The fraction of sp³-hybridized carbons (Fsp3) is 0.778. The van der Waals surface area contributed by atoms with Gasteiger partial charge in [0.2, 0.25) is 0 Å². The lowest BCUT2D eigenvalue weighted by atomic mass is 9.87. The minimum atomic E-state index is -0.720. The van der Waals surface area contributed by atoms with E-state index < -0.39 is 5.97 Å². The molecule has 1 aromatic rings. The number of likely N-dealkylation sites (tertiary alicyclic amines) is 1. The van der Waals surface area contributed by atoms with Crippen LogP contribution in [0.25, 0.3) is 0 Å². The lowest BCUT2D eigenvalue weighted by Gasteiger charge is -2.40. The minimum Gasteiger partial charge on any atom is -0.481 e. The third-order valence-corrected chi connectivity index (χ3v) is 3.00. The predicted octanol–water partition coefficient (Wildman–Crippen LogP) is -0.637. The van der Waals surface area contributed by atoms with Gasteiger partial charge in [-0.3, -0.25) is 9.69 Å². The van der Waals surface area contributed by atoms with Gasteiger partial charge in [-0.2, -0.15) is 4.80 Å². The zero-order valence-electron chi connectivity index (χ0n) is 9.37. The van der Waals surface area contributed by atoms with Crippen LogP contribution in [0.2, 0.25) is 0 Å². The number of aliphatic carboxylic acids is 1. The Morgan fingerprint density at radius 1 is 1.62 bits per heavy atom. The quantitative estimate of drug-likeness (QED) is 0.734. The van der Waals surface area contributed by atoms with Crippen LogP contribution in [0.3, 0.4) is 0 Å². The molecule has 7 nitrogen and oxygen atoms in total. The highest BCUT2D eigenvalue weighted by molar-refractivity contribution is 5.70. The lowest BCUT2D eigenvalue weighted by molar-refractivity contribution is -0.145. The average Bonchev–Trinajstić information content (AvgIpc) is 2.56. The van der Waals surface area contributed by atoms with Gasteiger partial charge in [0.15, 0.2) is 5.82 Å². The van der Waals surface area contributed by atoms with Gasteiger partial charge in [-0.05, 0) is 11.1 Å². The Hall–Kier alpha value is -1.50. The molecule has 1 atom stereocenters. The largest absolute Gasteiger partial charge is 0.481 e. The van der Waals surface area contributed by atoms with Crippen molar-refractivity contribution in [2.45, 2.75) is 13.5 Å². The number of hydrogen-bond donors (Lipinski definition) is 1. The van der Waals surface area contributed by atoms with E-state index in [4.69, 9.17) is 5.11 Å². The second-order valence-electron chi connectivity index (χ2n) is 4.28. The van der Waals surface area contributed by atoms with Crippen molar-refractivity contribution in [3.8, 4) is 0 Å². The Labute approximate surface area is 93.0 Å². The molecule has 16 heavy (non-hydrogen) atoms. The Morgan fingerprint density at radius 3 is 2.81 bits per heavy atom. The van der Waals surface area contributed by atoms with Crippen molar-refractivity contribution in [3.05, 3.63) is 5.82 Å². The maximum atomic E-state index is 10.7. The topological polar surface area (TPSA) is 84.1 Å². The summed E-state index contributed by atoms with van der Waals surface area (Å²) in [5, 5.41) is 20.5. The summed E-state index contributed by atoms with van der Waals surface area (Å²) in [5.74, 6) is -0.0635. The van der Waals surface area contributed by atoms with E-state index >= 15 is 0 Å². The molecule has 88 valence electrons. The van der Waals surface area contributed by atoms with Gasteiger partial charge in [0.25, 0.3) is 0 Å². The molecule has 2 rings (SSSR count). The highest BCUT2D eigenvalue weighted by Crippen LogP contribution is 2.24. The summed E-state index contributed by atoms with van der Waals surface area (Å²) in [5.41, 5.74) is 0. The molecule has 2 heterocycles. The Balaban J connectivity index is 1.79. The maximum absolute atomic E-state index is 10.7. The van der Waals surface area contributed by atoms with E-state index in [9.17, 15) is 4.79 Å². The predicted molar refractivity (Wildman–Crippen MR) is 54.4 cm³/mol. The maximum Gasteiger partial charge on any atom is 0.306 e. The van der Waals surface area contributed by atoms with Gasteiger partial charge in [0, 0.05) is 13.1 Å². The highest BCUT2D eigenvalue weighted by atomic mass is 16.4. The summed E-state index contributed by atoms with van der Waals surface area (Å²) in [7, 11) is 1.72. The van der Waals surface area contributed by atoms with Crippen LogP contribution < -0.4 is 0 Å². The fourth-order valence-electron chi connectivity index (χ4n) is 1.84. The Morgan fingerprint density at radius 2 is 2.31 bits per heavy atom.